The molecule has 24 heavy (non-hydrogen) atoms. The Morgan fingerprint density at radius 2 is 1.83 bits per heavy atom. The number of amides is 1. The lowest BCUT2D eigenvalue weighted by molar-refractivity contribution is -0.137. The zero-order valence-corrected chi connectivity index (χ0v) is 13.2. The van der Waals surface area contributed by atoms with E-state index in [0.29, 0.717) is 17.9 Å². The molecule has 0 aliphatic rings. The molecular formula is C18H18FNO4. The lowest BCUT2D eigenvalue weighted by Crippen LogP contribution is -2.30. The number of aliphatic carboxylic acids is 1. The van der Waals surface area contributed by atoms with Gasteiger partial charge in [-0.3, -0.25) is 9.59 Å². The largest absolute Gasteiger partial charge is 0.494 e. The van der Waals surface area contributed by atoms with Crippen LogP contribution in [0.4, 0.5) is 4.39 Å². The van der Waals surface area contributed by atoms with Crippen molar-refractivity contribution in [2.75, 3.05) is 6.61 Å². The maximum absolute atomic E-state index is 13.7. The quantitative estimate of drug-likeness (QED) is 0.817. The van der Waals surface area contributed by atoms with Crippen molar-refractivity contribution in [2.45, 2.75) is 19.4 Å². The number of benzene rings is 2. The Hall–Kier alpha value is -2.89. The van der Waals surface area contributed by atoms with E-state index in [-0.39, 0.29) is 12.0 Å². The molecule has 2 rings (SSSR count). The maximum Gasteiger partial charge on any atom is 0.305 e. The third-order valence-corrected chi connectivity index (χ3v) is 3.40. The third-order valence-electron chi connectivity index (χ3n) is 3.40. The minimum Gasteiger partial charge on any atom is -0.494 e. The van der Waals surface area contributed by atoms with Crippen LogP contribution >= 0.6 is 0 Å². The molecule has 2 N–H and O–H groups in total. The van der Waals surface area contributed by atoms with Crippen LogP contribution in [0.3, 0.4) is 0 Å². The van der Waals surface area contributed by atoms with Crippen LogP contribution in [0.15, 0.2) is 48.5 Å². The molecule has 0 saturated carbocycles. The summed E-state index contributed by atoms with van der Waals surface area (Å²) in [7, 11) is 0. The van der Waals surface area contributed by atoms with Crippen LogP contribution in [0.2, 0.25) is 0 Å². The number of ether oxygens (including phenoxy) is 1. The van der Waals surface area contributed by atoms with E-state index < -0.39 is 23.7 Å². The van der Waals surface area contributed by atoms with E-state index in [9.17, 15) is 14.0 Å². The molecule has 2 aromatic rings. The Labute approximate surface area is 139 Å². The van der Waals surface area contributed by atoms with Crippen molar-refractivity contribution in [3.63, 3.8) is 0 Å². The van der Waals surface area contributed by atoms with Crippen LogP contribution in [0, 0.1) is 5.82 Å². The summed E-state index contributed by atoms with van der Waals surface area (Å²) in [6.07, 6.45) is -0.311. The highest BCUT2D eigenvalue weighted by Gasteiger charge is 2.20. The first-order valence-corrected chi connectivity index (χ1v) is 7.51. The fourth-order valence-corrected chi connectivity index (χ4v) is 2.27. The van der Waals surface area contributed by atoms with Crippen molar-refractivity contribution in [1.82, 2.24) is 5.32 Å². The van der Waals surface area contributed by atoms with Gasteiger partial charge in [-0.05, 0) is 36.8 Å². The zero-order chi connectivity index (χ0) is 17.5. The summed E-state index contributed by atoms with van der Waals surface area (Å²) in [5, 5.41) is 11.6. The first-order chi connectivity index (χ1) is 11.5. The van der Waals surface area contributed by atoms with E-state index in [1.165, 1.54) is 18.2 Å². The second-order valence-electron chi connectivity index (χ2n) is 5.11. The van der Waals surface area contributed by atoms with Crippen molar-refractivity contribution in [1.29, 1.82) is 0 Å². The van der Waals surface area contributed by atoms with Gasteiger partial charge in [-0.15, -0.1) is 0 Å². The summed E-state index contributed by atoms with van der Waals surface area (Å²) in [4.78, 5) is 23.3. The van der Waals surface area contributed by atoms with E-state index >= 15 is 0 Å². The molecular weight excluding hydrogens is 313 g/mol. The summed E-state index contributed by atoms with van der Waals surface area (Å²) < 4.78 is 19.0. The minimum absolute atomic E-state index is 0.126. The maximum atomic E-state index is 13.7. The third kappa shape index (κ3) is 4.55. The van der Waals surface area contributed by atoms with Gasteiger partial charge in [0.05, 0.1) is 24.6 Å². The molecule has 0 aromatic heterocycles. The Balaban J connectivity index is 2.20. The number of carbonyl (C=O) groups is 2. The van der Waals surface area contributed by atoms with Gasteiger partial charge in [-0.25, -0.2) is 4.39 Å². The number of carboxylic acid groups (broad SMARTS) is 1. The van der Waals surface area contributed by atoms with Gasteiger partial charge in [0.15, 0.2) is 0 Å². The van der Waals surface area contributed by atoms with Gasteiger partial charge in [0, 0.05) is 0 Å². The monoisotopic (exact) mass is 331 g/mol. The van der Waals surface area contributed by atoms with Gasteiger partial charge in [0.25, 0.3) is 5.91 Å². The fourth-order valence-electron chi connectivity index (χ4n) is 2.27. The average Bonchev–Trinajstić information content (AvgIpc) is 2.55. The van der Waals surface area contributed by atoms with E-state index in [1.54, 1.807) is 30.3 Å². The Morgan fingerprint density at radius 1 is 1.17 bits per heavy atom. The molecule has 5 nitrogen and oxygen atoms in total. The number of hydrogen-bond acceptors (Lipinski definition) is 3. The van der Waals surface area contributed by atoms with Crippen molar-refractivity contribution in [3.8, 4) is 5.75 Å². The van der Waals surface area contributed by atoms with E-state index in [2.05, 4.69) is 5.32 Å². The highest BCUT2D eigenvalue weighted by atomic mass is 19.1. The molecule has 0 bridgehead atoms. The molecule has 0 spiro atoms. The van der Waals surface area contributed by atoms with Crippen molar-refractivity contribution >= 4 is 11.9 Å². The van der Waals surface area contributed by atoms with E-state index in [4.69, 9.17) is 9.84 Å². The summed E-state index contributed by atoms with van der Waals surface area (Å²) in [5.74, 6) is -1.73. The fraction of sp³-hybridized carbons (Fsp3) is 0.222. The normalized spacial score (nSPS) is 11.6. The average molecular weight is 331 g/mol. The number of hydrogen-bond donors (Lipinski definition) is 2. The summed E-state index contributed by atoms with van der Waals surface area (Å²) in [6.45, 7) is 2.37. The van der Waals surface area contributed by atoms with Gasteiger partial charge in [0.2, 0.25) is 0 Å². The van der Waals surface area contributed by atoms with Crippen molar-refractivity contribution < 1.29 is 23.8 Å². The molecule has 1 amide bonds. The lowest BCUT2D eigenvalue weighted by Gasteiger charge is -2.18. The number of carbonyl (C=O) groups excluding carboxylic acids is 1. The lowest BCUT2D eigenvalue weighted by atomic mass is 10.0. The van der Waals surface area contributed by atoms with E-state index in [1.807, 2.05) is 6.92 Å². The van der Waals surface area contributed by atoms with E-state index in [0.717, 1.165) is 0 Å². The first kappa shape index (κ1) is 17.5. The molecule has 0 radical (unpaired) electrons. The van der Waals surface area contributed by atoms with Crippen LogP contribution < -0.4 is 10.1 Å². The number of nitrogens with one attached hydrogen (secondary N) is 1. The second-order valence-corrected chi connectivity index (χ2v) is 5.11. The summed E-state index contributed by atoms with van der Waals surface area (Å²) in [6, 6.07) is 11.5. The molecule has 0 heterocycles. The van der Waals surface area contributed by atoms with Crippen molar-refractivity contribution in [3.05, 3.63) is 65.5 Å². The van der Waals surface area contributed by atoms with Crippen LogP contribution in [0.1, 0.15) is 35.3 Å². The predicted octanol–water partition coefficient (Wildman–Crippen LogP) is 3.17. The van der Waals surface area contributed by atoms with Crippen LogP contribution in [0.25, 0.3) is 0 Å². The smallest absolute Gasteiger partial charge is 0.305 e. The SMILES string of the molecule is CCOc1ccc(C(CC(=O)O)NC(=O)c2ccccc2F)cc1. The van der Waals surface area contributed by atoms with Crippen LogP contribution in [-0.2, 0) is 4.79 Å². The van der Waals surface area contributed by atoms with Crippen LogP contribution in [-0.4, -0.2) is 23.6 Å². The molecule has 126 valence electrons. The number of halogens is 1. The molecule has 0 aliphatic heterocycles. The summed E-state index contributed by atoms with van der Waals surface area (Å²) in [5.41, 5.74) is 0.476. The molecule has 1 unspecified atom stereocenters. The topological polar surface area (TPSA) is 75.6 Å². The molecule has 0 aliphatic carbocycles. The predicted molar refractivity (Wildman–Crippen MR) is 86.5 cm³/mol. The van der Waals surface area contributed by atoms with Gasteiger partial charge in [-0.1, -0.05) is 24.3 Å². The number of carboxylic acids is 1. The number of rotatable bonds is 7. The molecule has 2 aromatic carbocycles. The van der Waals surface area contributed by atoms with Gasteiger partial charge in [0.1, 0.15) is 11.6 Å². The van der Waals surface area contributed by atoms with Gasteiger partial charge < -0.3 is 15.2 Å². The second kappa shape index (κ2) is 8.10. The minimum atomic E-state index is -1.07. The molecule has 6 heteroatoms. The van der Waals surface area contributed by atoms with Gasteiger partial charge >= 0.3 is 5.97 Å². The Kier molecular flexibility index (Phi) is 5.89. The molecule has 0 fully saturated rings. The molecule has 0 saturated heterocycles. The summed E-state index contributed by atoms with van der Waals surface area (Å²) >= 11 is 0. The Bertz CT molecular complexity index is 715. The highest BCUT2D eigenvalue weighted by Crippen LogP contribution is 2.21. The first-order valence-electron chi connectivity index (χ1n) is 7.51. The molecule has 1 atom stereocenters. The zero-order valence-electron chi connectivity index (χ0n) is 13.2. The highest BCUT2D eigenvalue weighted by molar-refractivity contribution is 5.94. The standard InChI is InChI=1S/C18H18FNO4/c1-2-24-13-9-7-12(8-10-13)16(11-17(21)22)20-18(23)14-5-3-4-6-15(14)19/h3-10,16H,2,11H2,1H3,(H,20,23)(H,21,22). The van der Waals surface area contributed by atoms with Crippen molar-refractivity contribution in [2.24, 2.45) is 0 Å². The van der Waals surface area contributed by atoms with Gasteiger partial charge in [-0.2, -0.15) is 0 Å². The van der Waals surface area contributed by atoms with Crippen LogP contribution in [0.5, 0.6) is 5.75 Å². The Morgan fingerprint density at radius 3 is 2.42 bits per heavy atom.